The zero-order chi connectivity index (χ0) is 26.9. The van der Waals surface area contributed by atoms with E-state index in [1.54, 1.807) is 21.5 Å². The molecule has 7 nitrogen and oxygen atoms in total. The van der Waals surface area contributed by atoms with Gasteiger partial charge < -0.3 is 5.32 Å². The number of carbonyl (C=O) groups excluding carboxylic acids is 1. The first-order valence-electron chi connectivity index (χ1n) is 12.3. The van der Waals surface area contributed by atoms with E-state index >= 15 is 0 Å². The van der Waals surface area contributed by atoms with Crippen molar-refractivity contribution in [2.75, 3.05) is 0 Å². The van der Waals surface area contributed by atoms with Gasteiger partial charge in [-0.1, -0.05) is 23.7 Å². The predicted molar refractivity (Wildman–Crippen MR) is 137 cm³/mol. The van der Waals surface area contributed by atoms with E-state index in [0.717, 1.165) is 41.7 Å². The van der Waals surface area contributed by atoms with Crippen LogP contribution in [0.2, 0.25) is 5.02 Å². The second-order valence-electron chi connectivity index (χ2n) is 9.56. The molecule has 0 aliphatic heterocycles. The van der Waals surface area contributed by atoms with E-state index in [-0.39, 0.29) is 22.7 Å². The van der Waals surface area contributed by atoms with Gasteiger partial charge in [-0.15, -0.1) is 0 Å². The van der Waals surface area contributed by atoms with Gasteiger partial charge in [0.1, 0.15) is 0 Å². The molecule has 11 heteroatoms. The molecule has 0 unspecified atom stereocenters. The summed E-state index contributed by atoms with van der Waals surface area (Å²) in [7, 11) is 0. The van der Waals surface area contributed by atoms with E-state index in [4.69, 9.17) is 11.6 Å². The van der Waals surface area contributed by atoms with Gasteiger partial charge >= 0.3 is 11.9 Å². The van der Waals surface area contributed by atoms with Crippen molar-refractivity contribution in [3.05, 3.63) is 93.4 Å². The molecule has 1 N–H and O–H groups in total. The van der Waals surface area contributed by atoms with Crippen LogP contribution in [0.25, 0.3) is 11.0 Å². The summed E-state index contributed by atoms with van der Waals surface area (Å²) < 4.78 is 43.5. The first-order valence-corrected chi connectivity index (χ1v) is 12.7. The second-order valence-corrected chi connectivity index (χ2v) is 10.00. The largest absolute Gasteiger partial charge is 0.434 e. The lowest BCUT2D eigenvalue weighted by Gasteiger charge is -2.29. The van der Waals surface area contributed by atoms with Crippen molar-refractivity contribution in [1.29, 1.82) is 0 Å². The van der Waals surface area contributed by atoms with E-state index in [9.17, 15) is 22.8 Å². The Kier molecular flexibility index (Phi) is 7.25. The highest BCUT2D eigenvalue weighted by Crippen LogP contribution is 2.32. The Hall–Kier alpha value is -3.66. The lowest BCUT2D eigenvalue weighted by molar-refractivity contribution is -0.141. The molecule has 0 spiro atoms. The summed E-state index contributed by atoms with van der Waals surface area (Å²) in [6.07, 6.45) is 2.14. The summed E-state index contributed by atoms with van der Waals surface area (Å²) in [5.74, 6) is -0.647. The van der Waals surface area contributed by atoms with Crippen molar-refractivity contribution in [3.8, 4) is 0 Å². The van der Waals surface area contributed by atoms with E-state index < -0.39 is 23.3 Å². The van der Waals surface area contributed by atoms with Crippen LogP contribution in [-0.4, -0.2) is 31.1 Å². The number of fused-ring (bicyclic) bond motifs is 1. The molecule has 1 saturated carbocycles. The molecule has 1 aromatic carbocycles. The van der Waals surface area contributed by atoms with Gasteiger partial charge in [0.25, 0.3) is 5.91 Å². The van der Waals surface area contributed by atoms with Gasteiger partial charge in [-0.3, -0.25) is 18.9 Å². The Labute approximate surface area is 221 Å². The van der Waals surface area contributed by atoms with Crippen LogP contribution in [0.3, 0.4) is 0 Å². The van der Waals surface area contributed by atoms with Gasteiger partial charge in [0.2, 0.25) is 0 Å². The molecule has 38 heavy (non-hydrogen) atoms. The first kappa shape index (κ1) is 26.0. The molecule has 0 radical (unpaired) electrons. The van der Waals surface area contributed by atoms with Gasteiger partial charge in [0.05, 0.1) is 28.2 Å². The van der Waals surface area contributed by atoms with E-state index in [1.165, 1.54) is 0 Å². The molecule has 3 aromatic heterocycles. The molecule has 0 atom stereocenters. The minimum atomic E-state index is -4.77. The zero-order valence-corrected chi connectivity index (χ0v) is 21.0. The maximum absolute atomic E-state index is 13.4. The number of aromatic nitrogens is 4. The fraction of sp³-hybridized carbons (Fsp3) is 0.333. The number of hydrogen-bond acceptors (Lipinski definition) is 4. The summed E-state index contributed by atoms with van der Waals surface area (Å²) in [6.45, 7) is 0.964. The van der Waals surface area contributed by atoms with Gasteiger partial charge in [-0.25, -0.2) is 9.78 Å². The van der Waals surface area contributed by atoms with E-state index in [0.29, 0.717) is 25.9 Å². The number of nitrogens with one attached hydrogen (secondary N) is 1. The number of amides is 1. The molecule has 0 saturated heterocycles. The Morgan fingerprint density at radius 1 is 1.03 bits per heavy atom. The summed E-state index contributed by atoms with van der Waals surface area (Å²) >= 11 is 5.81. The Balaban J connectivity index is 1.27. The number of rotatable bonds is 6. The minimum absolute atomic E-state index is 0.0413. The summed E-state index contributed by atoms with van der Waals surface area (Å²) in [6, 6.07) is 12.2. The Morgan fingerprint density at radius 2 is 1.68 bits per heavy atom. The van der Waals surface area contributed by atoms with Crippen LogP contribution >= 0.6 is 11.6 Å². The molecule has 3 heterocycles. The number of alkyl halides is 3. The van der Waals surface area contributed by atoms with Crippen LogP contribution in [0.5, 0.6) is 0 Å². The number of para-hydroxylation sites is 2. The number of pyridine rings is 2. The van der Waals surface area contributed by atoms with Crippen LogP contribution < -0.4 is 11.0 Å². The second kappa shape index (κ2) is 10.6. The third-order valence-electron chi connectivity index (χ3n) is 7.01. The van der Waals surface area contributed by atoms with Crippen molar-refractivity contribution < 1.29 is 18.0 Å². The third kappa shape index (κ3) is 5.45. The van der Waals surface area contributed by atoms with Crippen molar-refractivity contribution >= 4 is 28.5 Å². The summed E-state index contributed by atoms with van der Waals surface area (Å²) in [5, 5.41) is 2.68. The van der Waals surface area contributed by atoms with Gasteiger partial charge in [0, 0.05) is 31.2 Å². The number of carbonyl (C=O) groups is 1. The lowest BCUT2D eigenvalue weighted by atomic mass is 9.85. The number of nitrogens with zero attached hydrogens (tertiary/aromatic N) is 4. The molecule has 1 aliphatic carbocycles. The fourth-order valence-corrected chi connectivity index (χ4v) is 5.28. The number of halogens is 4. The molecule has 1 amide bonds. The van der Waals surface area contributed by atoms with E-state index in [1.807, 2.05) is 36.4 Å². The molecule has 5 rings (SSSR count). The average molecular weight is 544 g/mol. The van der Waals surface area contributed by atoms with Crippen molar-refractivity contribution in [1.82, 2.24) is 24.4 Å². The highest BCUT2D eigenvalue weighted by atomic mass is 35.5. The molecule has 1 aliphatic rings. The number of imidazole rings is 1. The molecule has 198 valence electrons. The fourth-order valence-electron chi connectivity index (χ4n) is 5.12. The maximum atomic E-state index is 13.4. The molecule has 1 fully saturated rings. The minimum Gasteiger partial charge on any atom is -0.349 e. The van der Waals surface area contributed by atoms with E-state index in [2.05, 4.69) is 15.3 Å². The molecule has 4 aromatic rings. The van der Waals surface area contributed by atoms with Gasteiger partial charge in [-0.05, 0) is 67.5 Å². The van der Waals surface area contributed by atoms with Crippen LogP contribution in [0.1, 0.15) is 47.3 Å². The zero-order valence-electron chi connectivity index (χ0n) is 20.3. The Bertz CT molecular complexity index is 1510. The maximum Gasteiger partial charge on any atom is 0.434 e. The summed E-state index contributed by atoms with van der Waals surface area (Å²) in [4.78, 5) is 33.5. The standard InChI is InChI=1S/C27H25ClF3N5O2/c28-19-13-21(24(33-14-19)27(29,30)31)25(37)34-20-7-5-17(6-8-20)15-35-22-3-1-2-4-23(22)36(26(35)38)16-18-9-11-32-12-10-18/h1-4,9-14,17,20H,5-8,15-16H2,(H,34,37). The van der Waals surface area contributed by atoms with Crippen molar-refractivity contribution in [3.63, 3.8) is 0 Å². The average Bonchev–Trinajstić information content (AvgIpc) is 3.15. The quantitative estimate of drug-likeness (QED) is 0.358. The van der Waals surface area contributed by atoms with Crippen LogP contribution in [0.4, 0.5) is 13.2 Å². The van der Waals surface area contributed by atoms with Crippen LogP contribution in [0, 0.1) is 5.92 Å². The molecular weight excluding hydrogens is 519 g/mol. The van der Waals surface area contributed by atoms with Crippen LogP contribution in [0.15, 0.2) is 65.8 Å². The van der Waals surface area contributed by atoms with Gasteiger partial charge in [0.15, 0.2) is 5.69 Å². The normalized spacial score (nSPS) is 18.0. The monoisotopic (exact) mass is 543 g/mol. The predicted octanol–water partition coefficient (Wildman–Crippen LogP) is 5.30. The highest BCUT2D eigenvalue weighted by molar-refractivity contribution is 6.30. The topological polar surface area (TPSA) is 81.8 Å². The molecular formula is C27H25ClF3N5O2. The summed E-state index contributed by atoms with van der Waals surface area (Å²) in [5.41, 5.74) is 0.758. The van der Waals surface area contributed by atoms with Crippen LogP contribution in [-0.2, 0) is 19.3 Å². The smallest absolute Gasteiger partial charge is 0.349 e. The van der Waals surface area contributed by atoms with Crippen molar-refractivity contribution in [2.45, 2.75) is 51.0 Å². The first-order chi connectivity index (χ1) is 18.2. The SMILES string of the molecule is O=C(NC1CCC(Cn2c(=O)n(Cc3ccncc3)c3ccccc32)CC1)c1cc(Cl)cnc1C(F)(F)F. The third-order valence-corrected chi connectivity index (χ3v) is 7.21. The lowest BCUT2D eigenvalue weighted by Crippen LogP contribution is -2.39. The molecule has 0 bridgehead atoms. The highest BCUT2D eigenvalue weighted by Gasteiger charge is 2.38. The van der Waals surface area contributed by atoms with Gasteiger partial charge in [-0.2, -0.15) is 13.2 Å². The number of benzene rings is 1. The number of hydrogen-bond donors (Lipinski definition) is 1. The Morgan fingerprint density at radius 3 is 2.34 bits per heavy atom. The van der Waals surface area contributed by atoms with Crippen molar-refractivity contribution in [2.24, 2.45) is 5.92 Å².